The molecule has 1 fully saturated rings. The summed E-state index contributed by atoms with van der Waals surface area (Å²) in [6.07, 6.45) is 0.481. The van der Waals surface area contributed by atoms with Gasteiger partial charge >= 0.3 is 0 Å². The van der Waals surface area contributed by atoms with Gasteiger partial charge in [-0.1, -0.05) is 20.8 Å². The third-order valence-corrected chi connectivity index (χ3v) is 4.29. The van der Waals surface area contributed by atoms with Crippen LogP contribution in [-0.2, 0) is 9.53 Å². The average Bonchev–Trinajstić information content (AvgIpc) is 2.62. The van der Waals surface area contributed by atoms with Crippen molar-refractivity contribution in [3.05, 3.63) is 36.0 Å². The van der Waals surface area contributed by atoms with Gasteiger partial charge in [0.05, 0.1) is 13.2 Å². The van der Waals surface area contributed by atoms with Crippen LogP contribution >= 0.6 is 0 Å². The minimum absolute atomic E-state index is 0.0189. The van der Waals surface area contributed by atoms with Gasteiger partial charge in [-0.3, -0.25) is 4.79 Å². The predicted molar refractivity (Wildman–Crippen MR) is 112 cm³/mol. The van der Waals surface area contributed by atoms with E-state index in [1.165, 1.54) is 0 Å². The van der Waals surface area contributed by atoms with E-state index in [0.717, 1.165) is 36.0 Å². The fourth-order valence-corrected chi connectivity index (χ4v) is 3.02. The Labute approximate surface area is 166 Å². The van der Waals surface area contributed by atoms with Crippen LogP contribution in [0.4, 0.5) is 23.1 Å². The molecule has 1 aliphatic heterocycles. The number of benzene rings is 1. The molecule has 150 valence electrons. The Kier molecular flexibility index (Phi) is 6.14. The van der Waals surface area contributed by atoms with E-state index in [2.05, 4.69) is 25.5 Å². The fraction of sp³-hybridized carbons (Fsp3) is 0.476. The Morgan fingerprint density at radius 1 is 1.11 bits per heavy atom. The molecule has 1 aromatic carbocycles. The zero-order chi connectivity index (χ0) is 20.1. The van der Waals surface area contributed by atoms with Crippen molar-refractivity contribution in [2.45, 2.75) is 34.1 Å². The van der Waals surface area contributed by atoms with Gasteiger partial charge in [-0.2, -0.15) is 4.98 Å². The molecule has 2 heterocycles. The van der Waals surface area contributed by atoms with Gasteiger partial charge in [-0.15, -0.1) is 0 Å². The first-order valence-electron chi connectivity index (χ1n) is 9.64. The first-order valence-corrected chi connectivity index (χ1v) is 9.64. The molecule has 7 nitrogen and oxygen atoms in total. The number of amides is 1. The number of hydrogen-bond acceptors (Lipinski definition) is 6. The first kappa shape index (κ1) is 20.1. The summed E-state index contributed by atoms with van der Waals surface area (Å²) in [5.41, 5.74) is 2.52. The maximum atomic E-state index is 12.1. The van der Waals surface area contributed by atoms with Crippen LogP contribution in [0.2, 0.25) is 0 Å². The third-order valence-electron chi connectivity index (χ3n) is 4.29. The van der Waals surface area contributed by atoms with Gasteiger partial charge in [0.2, 0.25) is 11.9 Å². The van der Waals surface area contributed by atoms with Crippen LogP contribution in [0, 0.1) is 12.3 Å². The molecule has 0 radical (unpaired) electrons. The van der Waals surface area contributed by atoms with E-state index in [9.17, 15) is 4.79 Å². The van der Waals surface area contributed by atoms with Gasteiger partial charge in [0.1, 0.15) is 5.82 Å². The Balaban J connectivity index is 1.65. The maximum Gasteiger partial charge on any atom is 0.229 e. The molecule has 3 rings (SSSR count). The van der Waals surface area contributed by atoms with Gasteiger partial charge in [0.15, 0.2) is 0 Å². The van der Waals surface area contributed by atoms with E-state index in [-0.39, 0.29) is 11.3 Å². The number of aryl methyl sites for hydroxylation is 1. The van der Waals surface area contributed by atoms with Crippen LogP contribution in [0.3, 0.4) is 0 Å². The lowest BCUT2D eigenvalue weighted by Gasteiger charge is -2.28. The van der Waals surface area contributed by atoms with Crippen molar-refractivity contribution in [1.82, 2.24) is 9.97 Å². The minimum atomic E-state index is -0.0354. The summed E-state index contributed by atoms with van der Waals surface area (Å²) in [6, 6.07) is 9.56. The quantitative estimate of drug-likeness (QED) is 0.819. The molecule has 0 spiro atoms. The van der Waals surface area contributed by atoms with Crippen molar-refractivity contribution >= 4 is 29.0 Å². The fourth-order valence-electron chi connectivity index (χ4n) is 3.02. The highest BCUT2D eigenvalue weighted by molar-refractivity contribution is 5.91. The van der Waals surface area contributed by atoms with Crippen LogP contribution in [0.25, 0.3) is 0 Å². The van der Waals surface area contributed by atoms with Crippen LogP contribution in [0.1, 0.15) is 32.9 Å². The first-order chi connectivity index (χ1) is 13.3. The molecule has 7 heteroatoms. The average molecular weight is 383 g/mol. The summed E-state index contributed by atoms with van der Waals surface area (Å²) in [7, 11) is 0. The number of carbonyl (C=O) groups excluding carboxylic acids is 1. The zero-order valence-corrected chi connectivity index (χ0v) is 17.1. The van der Waals surface area contributed by atoms with Gasteiger partial charge in [-0.05, 0) is 36.6 Å². The molecule has 0 bridgehead atoms. The van der Waals surface area contributed by atoms with Crippen molar-refractivity contribution in [2.75, 3.05) is 41.8 Å². The Bertz CT molecular complexity index is 809. The van der Waals surface area contributed by atoms with E-state index < -0.39 is 0 Å². The normalized spacial score (nSPS) is 14.6. The van der Waals surface area contributed by atoms with Crippen molar-refractivity contribution < 1.29 is 9.53 Å². The smallest absolute Gasteiger partial charge is 0.229 e. The summed E-state index contributed by atoms with van der Waals surface area (Å²) in [6.45, 7) is 11.2. The Morgan fingerprint density at radius 3 is 2.39 bits per heavy atom. The molecule has 1 amide bonds. The highest BCUT2D eigenvalue weighted by Crippen LogP contribution is 2.22. The van der Waals surface area contributed by atoms with Crippen molar-refractivity contribution in [1.29, 1.82) is 0 Å². The number of nitrogens with zero attached hydrogens (tertiary/aromatic N) is 3. The van der Waals surface area contributed by atoms with E-state index in [1.54, 1.807) is 0 Å². The maximum absolute atomic E-state index is 12.1. The van der Waals surface area contributed by atoms with Gasteiger partial charge in [-0.25, -0.2) is 4.98 Å². The van der Waals surface area contributed by atoms with Gasteiger partial charge < -0.3 is 20.3 Å². The number of carbonyl (C=O) groups is 1. The van der Waals surface area contributed by atoms with Crippen LogP contribution in [-0.4, -0.2) is 42.2 Å². The van der Waals surface area contributed by atoms with E-state index in [4.69, 9.17) is 4.74 Å². The van der Waals surface area contributed by atoms with Crippen molar-refractivity contribution in [3.63, 3.8) is 0 Å². The summed E-state index contributed by atoms with van der Waals surface area (Å²) >= 11 is 0. The monoisotopic (exact) mass is 383 g/mol. The Morgan fingerprint density at radius 2 is 1.75 bits per heavy atom. The predicted octanol–water partition coefficient (Wildman–Crippen LogP) is 3.74. The van der Waals surface area contributed by atoms with Crippen LogP contribution in [0.5, 0.6) is 0 Å². The summed E-state index contributed by atoms with van der Waals surface area (Å²) < 4.78 is 5.41. The number of hydrogen-bond donors (Lipinski definition) is 2. The van der Waals surface area contributed by atoms with E-state index in [0.29, 0.717) is 25.6 Å². The molecule has 1 saturated heterocycles. The van der Waals surface area contributed by atoms with Gasteiger partial charge in [0.25, 0.3) is 0 Å². The number of anilines is 4. The molecule has 2 N–H and O–H groups in total. The molecule has 0 aliphatic carbocycles. The molecule has 0 unspecified atom stereocenters. The summed E-state index contributed by atoms with van der Waals surface area (Å²) in [4.78, 5) is 23.4. The molecule has 28 heavy (non-hydrogen) atoms. The second kappa shape index (κ2) is 8.56. The molecule has 1 aromatic heterocycles. The van der Waals surface area contributed by atoms with Crippen LogP contribution < -0.4 is 15.5 Å². The Hall–Kier alpha value is -2.67. The molecule has 0 atom stereocenters. The topological polar surface area (TPSA) is 79.4 Å². The molecule has 0 saturated carbocycles. The van der Waals surface area contributed by atoms with Crippen molar-refractivity contribution in [3.8, 4) is 0 Å². The minimum Gasteiger partial charge on any atom is -0.378 e. The van der Waals surface area contributed by atoms with Crippen LogP contribution in [0.15, 0.2) is 30.3 Å². The lowest BCUT2D eigenvalue weighted by molar-refractivity contribution is -0.117. The third kappa shape index (κ3) is 5.92. The summed E-state index contributed by atoms with van der Waals surface area (Å²) in [5.74, 6) is 1.49. The highest BCUT2D eigenvalue weighted by atomic mass is 16.5. The summed E-state index contributed by atoms with van der Waals surface area (Å²) in [5, 5.41) is 6.18. The van der Waals surface area contributed by atoms with Gasteiger partial charge in [0, 0.05) is 42.6 Å². The lowest BCUT2D eigenvalue weighted by Crippen LogP contribution is -2.36. The molecular formula is C21H29N5O2. The standard InChI is InChI=1S/C21H29N5O2/c1-15-13-18(26-9-11-28-12-10-26)25-20(22-15)24-17-7-5-16(6-8-17)23-19(27)14-21(2,3)4/h5-8,13H,9-12,14H2,1-4H3,(H,23,27)(H,22,24,25). The van der Waals surface area contributed by atoms with Crippen molar-refractivity contribution in [2.24, 2.45) is 5.41 Å². The lowest BCUT2D eigenvalue weighted by atomic mass is 9.92. The van der Waals surface area contributed by atoms with E-state index in [1.807, 2.05) is 58.0 Å². The molecule has 1 aliphatic rings. The number of aromatic nitrogens is 2. The second-order valence-electron chi connectivity index (χ2n) is 8.28. The zero-order valence-electron chi connectivity index (χ0n) is 17.1. The number of nitrogens with one attached hydrogen (secondary N) is 2. The molecular weight excluding hydrogens is 354 g/mol. The van der Waals surface area contributed by atoms with E-state index >= 15 is 0 Å². The number of rotatable bonds is 5. The molecule has 2 aromatic rings. The second-order valence-corrected chi connectivity index (χ2v) is 8.28. The highest BCUT2D eigenvalue weighted by Gasteiger charge is 2.16. The number of ether oxygens (including phenoxy) is 1. The number of morpholine rings is 1. The largest absolute Gasteiger partial charge is 0.378 e. The SMILES string of the molecule is Cc1cc(N2CCOCC2)nc(Nc2ccc(NC(=O)CC(C)(C)C)cc2)n1.